The number of phenolic OH excluding ortho intramolecular Hbond substituents is 1. The van der Waals surface area contributed by atoms with E-state index in [0.29, 0.717) is 5.56 Å². The van der Waals surface area contributed by atoms with Gasteiger partial charge >= 0.3 is 0 Å². The van der Waals surface area contributed by atoms with E-state index in [-0.39, 0.29) is 12.4 Å². The summed E-state index contributed by atoms with van der Waals surface area (Å²) in [5, 5.41) is 48.6. The molecule has 1 fully saturated rings. The second-order valence-electron chi connectivity index (χ2n) is 5.67. The van der Waals surface area contributed by atoms with Crippen LogP contribution in [0.4, 0.5) is 0 Å². The minimum absolute atomic E-state index is 0.0231. The quantitative estimate of drug-likeness (QED) is 0.485. The van der Waals surface area contributed by atoms with Gasteiger partial charge in [-0.25, -0.2) is 0 Å². The highest BCUT2D eigenvalue weighted by molar-refractivity contribution is 5.38. The second-order valence-corrected chi connectivity index (χ2v) is 5.67. The predicted molar refractivity (Wildman–Crippen MR) is 80.7 cm³/mol. The first-order chi connectivity index (χ1) is 11.0. The van der Waals surface area contributed by atoms with E-state index < -0.39 is 37.3 Å². The third-order valence-electron chi connectivity index (χ3n) is 4.01. The summed E-state index contributed by atoms with van der Waals surface area (Å²) < 4.78 is 10.8. The lowest BCUT2D eigenvalue weighted by molar-refractivity contribution is -0.304. The van der Waals surface area contributed by atoms with Gasteiger partial charge in [0.2, 0.25) is 0 Å². The van der Waals surface area contributed by atoms with Crippen LogP contribution >= 0.6 is 0 Å². The molecule has 1 heterocycles. The van der Waals surface area contributed by atoms with Gasteiger partial charge in [0.25, 0.3) is 0 Å². The van der Waals surface area contributed by atoms with Gasteiger partial charge in [-0.2, -0.15) is 0 Å². The van der Waals surface area contributed by atoms with Crippen LogP contribution in [0.5, 0.6) is 5.75 Å². The van der Waals surface area contributed by atoms with Gasteiger partial charge < -0.3 is 35.0 Å². The Morgan fingerprint density at radius 1 is 1.13 bits per heavy atom. The van der Waals surface area contributed by atoms with E-state index in [9.17, 15) is 20.4 Å². The topological polar surface area (TPSA) is 120 Å². The van der Waals surface area contributed by atoms with Crippen molar-refractivity contribution < 1.29 is 35.0 Å². The van der Waals surface area contributed by atoms with Crippen molar-refractivity contribution in [3.63, 3.8) is 0 Å². The summed E-state index contributed by atoms with van der Waals surface area (Å²) in [5.41, 5.74) is 1.52. The number of benzene rings is 1. The molecule has 0 aliphatic carbocycles. The first-order valence-corrected chi connectivity index (χ1v) is 7.71. The lowest BCUT2D eigenvalue weighted by Crippen LogP contribution is -2.59. The van der Waals surface area contributed by atoms with E-state index in [2.05, 4.69) is 0 Å². The molecule has 1 aliphatic heterocycles. The highest BCUT2D eigenvalue weighted by Gasteiger charge is 2.44. The molecule has 1 saturated heterocycles. The summed E-state index contributed by atoms with van der Waals surface area (Å²) in [6.45, 7) is 1.49. The Hall–Kier alpha value is -1.22. The van der Waals surface area contributed by atoms with Crippen molar-refractivity contribution in [2.24, 2.45) is 0 Å². The molecule has 0 saturated carbocycles. The van der Waals surface area contributed by atoms with Crippen LogP contribution in [0.15, 0.2) is 18.2 Å². The normalized spacial score (nSPS) is 31.3. The molecule has 5 N–H and O–H groups in total. The van der Waals surface area contributed by atoms with Gasteiger partial charge in [0.1, 0.15) is 30.2 Å². The van der Waals surface area contributed by atoms with E-state index >= 15 is 0 Å². The van der Waals surface area contributed by atoms with E-state index in [1.165, 1.54) is 0 Å². The summed E-state index contributed by atoms with van der Waals surface area (Å²) in [5.74, 6) is 0.0838. The molecule has 0 unspecified atom stereocenters. The monoisotopic (exact) mass is 328 g/mol. The smallest absolute Gasteiger partial charge is 0.187 e. The largest absolute Gasteiger partial charge is 0.508 e. The van der Waals surface area contributed by atoms with Crippen molar-refractivity contribution in [2.75, 3.05) is 6.61 Å². The number of aliphatic hydroxyl groups is 4. The highest BCUT2D eigenvalue weighted by atomic mass is 16.7. The SMILES string of the molecule is CCCc1cccc(O)c1CO[C@H]1O[C@H](CO)[C@@H](O)[C@H](O)[C@H]1O. The van der Waals surface area contributed by atoms with E-state index in [1.807, 2.05) is 13.0 Å². The molecule has 0 radical (unpaired) electrons. The Bertz CT molecular complexity index is 505. The fourth-order valence-corrected chi connectivity index (χ4v) is 2.66. The Kier molecular flexibility index (Phi) is 6.34. The third-order valence-corrected chi connectivity index (χ3v) is 4.01. The number of phenols is 1. The Morgan fingerprint density at radius 2 is 1.87 bits per heavy atom. The molecule has 1 aromatic rings. The standard InChI is InChI=1S/C16H24O7/c1-2-4-9-5-3-6-11(18)10(9)8-22-16-15(21)14(20)13(19)12(7-17)23-16/h3,5-6,12-21H,2,4,7-8H2,1H3/t12-,13-,14+,15-,16+/m1/s1. The van der Waals surface area contributed by atoms with Crippen molar-refractivity contribution in [3.05, 3.63) is 29.3 Å². The Morgan fingerprint density at radius 3 is 2.52 bits per heavy atom. The van der Waals surface area contributed by atoms with Gasteiger partial charge in [0, 0.05) is 5.56 Å². The van der Waals surface area contributed by atoms with Crippen LogP contribution in [-0.4, -0.2) is 62.8 Å². The average Bonchev–Trinajstić information content (AvgIpc) is 2.54. The Labute approximate surface area is 134 Å². The van der Waals surface area contributed by atoms with Gasteiger partial charge in [0.05, 0.1) is 13.2 Å². The molecule has 5 atom stereocenters. The number of aryl methyl sites for hydroxylation is 1. The predicted octanol–water partition coefficient (Wildman–Crippen LogP) is -0.339. The van der Waals surface area contributed by atoms with Crippen LogP contribution in [0.1, 0.15) is 24.5 Å². The number of hydrogen-bond acceptors (Lipinski definition) is 7. The van der Waals surface area contributed by atoms with Crippen molar-refractivity contribution in [2.45, 2.75) is 57.1 Å². The first-order valence-electron chi connectivity index (χ1n) is 7.71. The number of hydrogen-bond donors (Lipinski definition) is 5. The van der Waals surface area contributed by atoms with Crippen LogP contribution in [0.2, 0.25) is 0 Å². The highest BCUT2D eigenvalue weighted by Crippen LogP contribution is 2.27. The molecule has 1 aliphatic rings. The van der Waals surface area contributed by atoms with Crippen molar-refractivity contribution in [1.29, 1.82) is 0 Å². The maximum atomic E-state index is 9.99. The van der Waals surface area contributed by atoms with Crippen molar-refractivity contribution in [3.8, 4) is 5.75 Å². The number of aliphatic hydroxyl groups excluding tert-OH is 4. The number of rotatable bonds is 6. The minimum Gasteiger partial charge on any atom is -0.508 e. The fourth-order valence-electron chi connectivity index (χ4n) is 2.66. The van der Waals surface area contributed by atoms with Gasteiger partial charge in [-0.05, 0) is 18.1 Å². The summed E-state index contributed by atoms with van der Waals surface area (Å²) in [6, 6.07) is 5.18. The molecule has 0 amide bonds. The summed E-state index contributed by atoms with van der Waals surface area (Å²) in [6.07, 6.45) is -4.91. The molecule has 0 aromatic heterocycles. The zero-order valence-electron chi connectivity index (χ0n) is 13.0. The molecule has 7 heteroatoms. The maximum absolute atomic E-state index is 9.99. The van der Waals surface area contributed by atoms with Gasteiger partial charge in [-0.15, -0.1) is 0 Å². The van der Waals surface area contributed by atoms with Gasteiger partial charge in [0.15, 0.2) is 6.29 Å². The van der Waals surface area contributed by atoms with Crippen molar-refractivity contribution >= 4 is 0 Å². The van der Waals surface area contributed by atoms with Crippen LogP contribution in [0, 0.1) is 0 Å². The Balaban J connectivity index is 2.08. The fraction of sp³-hybridized carbons (Fsp3) is 0.625. The molecule has 130 valence electrons. The average molecular weight is 328 g/mol. The molecule has 23 heavy (non-hydrogen) atoms. The van der Waals surface area contributed by atoms with Crippen LogP contribution < -0.4 is 0 Å². The molecule has 0 spiro atoms. The van der Waals surface area contributed by atoms with Crippen LogP contribution in [0.25, 0.3) is 0 Å². The van der Waals surface area contributed by atoms with Crippen molar-refractivity contribution in [1.82, 2.24) is 0 Å². The molecule has 0 bridgehead atoms. The van der Waals surface area contributed by atoms with Gasteiger partial charge in [-0.1, -0.05) is 25.5 Å². The van der Waals surface area contributed by atoms with E-state index in [1.54, 1.807) is 12.1 Å². The maximum Gasteiger partial charge on any atom is 0.187 e. The lowest BCUT2D eigenvalue weighted by Gasteiger charge is -2.39. The molecule has 2 rings (SSSR count). The minimum atomic E-state index is -1.48. The zero-order valence-corrected chi connectivity index (χ0v) is 13.0. The molecule has 1 aromatic carbocycles. The van der Waals surface area contributed by atoms with E-state index in [4.69, 9.17) is 14.6 Å². The summed E-state index contributed by atoms with van der Waals surface area (Å²) in [7, 11) is 0. The summed E-state index contributed by atoms with van der Waals surface area (Å²) >= 11 is 0. The van der Waals surface area contributed by atoms with E-state index in [0.717, 1.165) is 18.4 Å². The van der Waals surface area contributed by atoms with Gasteiger partial charge in [-0.3, -0.25) is 0 Å². The molecular weight excluding hydrogens is 304 g/mol. The molecule has 7 nitrogen and oxygen atoms in total. The zero-order chi connectivity index (χ0) is 17.0. The third kappa shape index (κ3) is 4.00. The number of ether oxygens (including phenoxy) is 2. The summed E-state index contributed by atoms with van der Waals surface area (Å²) in [4.78, 5) is 0. The molecular formula is C16H24O7. The second kappa shape index (κ2) is 8.05. The van der Waals surface area contributed by atoms with Crippen LogP contribution in [-0.2, 0) is 22.5 Å². The number of aromatic hydroxyl groups is 1. The van der Waals surface area contributed by atoms with Crippen LogP contribution in [0.3, 0.4) is 0 Å². The first kappa shape index (κ1) is 18.1. The lowest BCUT2D eigenvalue weighted by atomic mass is 9.99.